The molecule has 1 N–H and O–H groups in total. The number of benzene rings is 1. The van der Waals surface area contributed by atoms with Gasteiger partial charge in [0.25, 0.3) is 0 Å². The molecule has 1 saturated carbocycles. The molecule has 0 radical (unpaired) electrons. The second-order valence-electron chi connectivity index (χ2n) is 5.41. The highest BCUT2D eigenvalue weighted by atomic mass is 35.5. The summed E-state index contributed by atoms with van der Waals surface area (Å²) in [6, 6.07) is 5.43. The molecule has 2 unspecified atom stereocenters. The van der Waals surface area contributed by atoms with E-state index in [0.717, 1.165) is 24.0 Å². The number of hydrogen-bond donors (Lipinski definition) is 1. The summed E-state index contributed by atoms with van der Waals surface area (Å²) in [6.45, 7) is 1.85. The monoisotopic (exact) mass is 294 g/mol. The van der Waals surface area contributed by atoms with Gasteiger partial charge in [-0.05, 0) is 42.9 Å². The zero-order valence-corrected chi connectivity index (χ0v) is 12.3. The summed E-state index contributed by atoms with van der Waals surface area (Å²) < 4.78 is 0. The molecule has 108 valence electrons. The fourth-order valence-corrected chi connectivity index (χ4v) is 3.13. The van der Waals surface area contributed by atoms with Gasteiger partial charge in [-0.15, -0.1) is 0 Å². The van der Waals surface area contributed by atoms with E-state index in [9.17, 15) is 9.59 Å². The summed E-state index contributed by atoms with van der Waals surface area (Å²) >= 11 is 6.26. The van der Waals surface area contributed by atoms with Crippen LogP contribution in [0.1, 0.15) is 49.7 Å². The summed E-state index contributed by atoms with van der Waals surface area (Å²) in [5, 5.41) is 9.73. The summed E-state index contributed by atoms with van der Waals surface area (Å²) in [6.07, 6.45) is 3.78. The molecular weight excluding hydrogens is 276 g/mol. The van der Waals surface area contributed by atoms with Crippen molar-refractivity contribution in [3.05, 3.63) is 34.3 Å². The maximum atomic E-state index is 11.7. The number of carbonyl (C=O) groups is 2. The Morgan fingerprint density at radius 2 is 2.25 bits per heavy atom. The van der Waals surface area contributed by atoms with Crippen LogP contribution in [0.5, 0.6) is 0 Å². The van der Waals surface area contributed by atoms with Gasteiger partial charge in [0.1, 0.15) is 5.78 Å². The normalized spacial score (nSPS) is 20.1. The third-order valence-electron chi connectivity index (χ3n) is 4.08. The minimum atomic E-state index is -0.831. The van der Waals surface area contributed by atoms with E-state index in [1.165, 1.54) is 0 Å². The largest absolute Gasteiger partial charge is 0.481 e. The van der Waals surface area contributed by atoms with Crippen molar-refractivity contribution in [2.45, 2.75) is 44.9 Å². The van der Waals surface area contributed by atoms with Crippen LogP contribution in [0, 0.1) is 5.92 Å². The van der Waals surface area contributed by atoms with Crippen LogP contribution in [0.15, 0.2) is 18.2 Å². The van der Waals surface area contributed by atoms with Gasteiger partial charge in [0.05, 0.1) is 5.92 Å². The van der Waals surface area contributed by atoms with E-state index in [0.29, 0.717) is 30.1 Å². The van der Waals surface area contributed by atoms with E-state index < -0.39 is 11.9 Å². The third-order valence-corrected chi connectivity index (χ3v) is 4.44. The highest BCUT2D eigenvalue weighted by Gasteiger charge is 2.25. The molecule has 0 spiro atoms. The lowest BCUT2D eigenvalue weighted by atomic mass is 9.92. The Bertz CT molecular complexity index is 524. The SMILES string of the molecule is CCC(C(=O)O)c1ccc(CC2CCCC2=O)c(Cl)c1. The Morgan fingerprint density at radius 1 is 1.50 bits per heavy atom. The molecule has 0 aromatic heterocycles. The van der Waals surface area contributed by atoms with Gasteiger partial charge in [-0.25, -0.2) is 0 Å². The zero-order chi connectivity index (χ0) is 14.7. The lowest BCUT2D eigenvalue weighted by Crippen LogP contribution is -2.12. The summed E-state index contributed by atoms with van der Waals surface area (Å²) in [7, 11) is 0. The van der Waals surface area contributed by atoms with Crippen molar-refractivity contribution in [2.75, 3.05) is 0 Å². The van der Waals surface area contributed by atoms with Crippen LogP contribution in [0.2, 0.25) is 5.02 Å². The van der Waals surface area contributed by atoms with Crippen LogP contribution in [-0.2, 0) is 16.0 Å². The molecule has 0 saturated heterocycles. The second-order valence-corrected chi connectivity index (χ2v) is 5.82. The van der Waals surface area contributed by atoms with Gasteiger partial charge in [0.2, 0.25) is 0 Å². The van der Waals surface area contributed by atoms with E-state index in [1.54, 1.807) is 6.07 Å². The molecule has 1 aliphatic carbocycles. The van der Waals surface area contributed by atoms with Crippen LogP contribution in [-0.4, -0.2) is 16.9 Å². The summed E-state index contributed by atoms with van der Waals surface area (Å²) in [5.41, 5.74) is 1.67. The van der Waals surface area contributed by atoms with Gasteiger partial charge < -0.3 is 5.11 Å². The van der Waals surface area contributed by atoms with Crippen LogP contribution in [0.3, 0.4) is 0 Å². The molecule has 1 aromatic rings. The number of rotatable bonds is 5. The number of aliphatic carboxylic acids is 1. The van der Waals surface area contributed by atoms with Gasteiger partial charge >= 0.3 is 5.97 Å². The molecule has 0 heterocycles. The zero-order valence-electron chi connectivity index (χ0n) is 11.6. The quantitative estimate of drug-likeness (QED) is 0.898. The fraction of sp³-hybridized carbons (Fsp3) is 0.500. The van der Waals surface area contributed by atoms with Crippen LogP contribution in [0.25, 0.3) is 0 Å². The smallest absolute Gasteiger partial charge is 0.310 e. The summed E-state index contributed by atoms with van der Waals surface area (Å²) in [5.74, 6) is -0.946. The molecule has 1 fully saturated rings. The lowest BCUT2D eigenvalue weighted by Gasteiger charge is -2.14. The first-order valence-electron chi connectivity index (χ1n) is 7.06. The first-order chi connectivity index (χ1) is 9.52. The van der Waals surface area contributed by atoms with Gasteiger partial charge in [0.15, 0.2) is 0 Å². The molecule has 0 bridgehead atoms. The lowest BCUT2D eigenvalue weighted by molar-refractivity contribution is -0.138. The van der Waals surface area contributed by atoms with Crippen molar-refractivity contribution >= 4 is 23.4 Å². The average molecular weight is 295 g/mol. The molecule has 4 heteroatoms. The Labute approximate surface area is 123 Å². The summed E-state index contributed by atoms with van der Waals surface area (Å²) in [4.78, 5) is 22.8. The number of hydrogen-bond acceptors (Lipinski definition) is 2. The predicted molar refractivity (Wildman–Crippen MR) is 78.2 cm³/mol. The van der Waals surface area contributed by atoms with E-state index in [-0.39, 0.29) is 5.92 Å². The van der Waals surface area contributed by atoms with Crippen molar-refractivity contribution < 1.29 is 14.7 Å². The first kappa shape index (κ1) is 15.0. The van der Waals surface area contributed by atoms with Crippen molar-refractivity contribution in [1.29, 1.82) is 0 Å². The van der Waals surface area contributed by atoms with Crippen molar-refractivity contribution in [2.24, 2.45) is 5.92 Å². The Kier molecular flexibility index (Phi) is 4.81. The van der Waals surface area contributed by atoms with Crippen LogP contribution < -0.4 is 0 Å². The predicted octanol–water partition coefficient (Wildman–Crippen LogP) is 3.83. The molecule has 2 rings (SSSR count). The molecule has 0 amide bonds. The second kappa shape index (κ2) is 6.40. The molecule has 1 aliphatic rings. The minimum absolute atomic E-state index is 0.0831. The number of halogens is 1. The molecule has 1 aromatic carbocycles. The van der Waals surface area contributed by atoms with Crippen molar-refractivity contribution in [1.82, 2.24) is 0 Å². The average Bonchev–Trinajstić information content (AvgIpc) is 2.79. The number of carbonyl (C=O) groups excluding carboxylic acids is 1. The topological polar surface area (TPSA) is 54.4 Å². The van der Waals surface area contributed by atoms with Crippen LogP contribution in [0.4, 0.5) is 0 Å². The molecule has 20 heavy (non-hydrogen) atoms. The van der Waals surface area contributed by atoms with Gasteiger partial charge in [-0.2, -0.15) is 0 Å². The molecule has 3 nitrogen and oxygen atoms in total. The Hall–Kier alpha value is -1.35. The van der Waals surface area contributed by atoms with E-state index >= 15 is 0 Å². The van der Waals surface area contributed by atoms with E-state index in [4.69, 9.17) is 16.7 Å². The molecule has 2 atom stereocenters. The van der Waals surface area contributed by atoms with E-state index in [1.807, 2.05) is 19.1 Å². The maximum absolute atomic E-state index is 11.7. The number of ketones is 1. The Morgan fingerprint density at radius 3 is 2.75 bits per heavy atom. The minimum Gasteiger partial charge on any atom is -0.481 e. The molecular formula is C16H19ClO3. The van der Waals surface area contributed by atoms with Gasteiger partial charge in [0, 0.05) is 17.4 Å². The van der Waals surface area contributed by atoms with Crippen molar-refractivity contribution in [3.63, 3.8) is 0 Å². The van der Waals surface area contributed by atoms with Gasteiger partial charge in [-0.3, -0.25) is 9.59 Å². The van der Waals surface area contributed by atoms with Crippen molar-refractivity contribution in [3.8, 4) is 0 Å². The number of carboxylic acid groups (broad SMARTS) is 1. The van der Waals surface area contributed by atoms with E-state index in [2.05, 4.69) is 0 Å². The highest BCUT2D eigenvalue weighted by Crippen LogP contribution is 2.30. The first-order valence-corrected chi connectivity index (χ1v) is 7.44. The number of carboxylic acids is 1. The highest BCUT2D eigenvalue weighted by molar-refractivity contribution is 6.31. The Balaban J connectivity index is 2.17. The fourth-order valence-electron chi connectivity index (χ4n) is 2.87. The maximum Gasteiger partial charge on any atom is 0.310 e. The third kappa shape index (κ3) is 3.21. The standard InChI is InChI=1S/C16H19ClO3/c1-2-13(16(19)20)10-6-7-11(14(17)9-10)8-12-4-3-5-15(12)18/h6-7,9,12-13H,2-5,8H2,1H3,(H,19,20). The number of Topliss-reactive ketones (excluding diaryl/α,β-unsaturated/α-hetero) is 1. The van der Waals surface area contributed by atoms with Crippen LogP contribution >= 0.6 is 11.6 Å². The molecule has 0 aliphatic heterocycles. The van der Waals surface area contributed by atoms with Gasteiger partial charge in [-0.1, -0.05) is 30.7 Å².